The minimum atomic E-state index is -0.420. The van der Waals surface area contributed by atoms with Gasteiger partial charge in [-0.3, -0.25) is 4.79 Å². The number of hydrogen-bond acceptors (Lipinski definition) is 2. The van der Waals surface area contributed by atoms with Gasteiger partial charge in [-0.2, -0.15) is 0 Å². The summed E-state index contributed by atoms with van der Waals surface area (Å²) in [5.74, 6) is 0.0458. The van der Waals surface area contributed by atoms with E-state index in [2.05, 4.69) is 5.32 Å². The SMILES string of the molecule is [B]c1cc(NCC(=O)C2CC2)c(C)cc1F. The van der Waals surface area contributed by atoms with Crippen LogP contribution in [0.5, 0.6) is 0 Å². The average Bonchev–Trinajstić information content (AvgIpc) is 3.04. The molecule has 0 aromatic heterocycles. The minimum absolute atomic E-state index is 0.104. The first-order valence-electron chi connectivity index (χ1n) is 5.40. The lowest BCUT2D eigenvalue weighted by Gasteiger charge is -2.10. The summed E-state index contributed by atoms with van der Waals surface area (Å²) in [6.07, 6.45) is 2.01. The summed E-state index contributed by atoms with van der Waals surface area (Å²) in [4.78, 5) is 11.5. The first-order valence-corrected chi connectivity index (χ1v) is 5.40. The van der Waals surface area contributed by atoms with Crippen LogP contribution < -0.4 is 10.8 Å². The second-order valence-electron chi connectivity index (χ2n) is 4.28. The first kappa shape index (κ1) is 11.2. The van der Waals surface area contributed by atoms with Crippen LogP contribution >= 0.6 is 0 Å². The quantitative estimate of drug-likeness (QED) is 0.770. The summed E-state index contributed by atoms with van der Waals surface area (Å²) in [6.45, 7) is 2.09. The molecule has 82 valence electrons. The van der Waals surface area contributed by atoms with Gasteiger partial charge in [0.05, 0.1) is 6.54 Å². The molecule has 1 aromatic rings. The molecule has 2 rings (SSSR count). The van der Waals surface area contributed by atoms with Crippen LogP contribution in [0.4, 0.5) is 10.1 Å². The predicted molar refractivity (Wildman–Crippen MR) is 62.7 cm³/mol. The molecule has 1 aliphatic carbocycles. The van der Waals surface area contributed by atoms with Gasteiger partial charge in [-0.1, -0.05) is 5.46 Å². The van der Waals surface area contributed by atoms with E-state index in [4.69, 9.17) is 7.85 Å². The zero-order valence-corrected chi connectivity index (χ0v) is 9.22. The second-order valence-corrected chi connectivity index (χ2v) is 4.28. The molecule has 0 saturated heterocycles. The van der Waals surface area contributed by atoms with Crippen molar-refractivity contribution in [3.63, 3.8) is 0 Å². The van der Waals surface area contributed by atoms with E-state index in [0.29, 0.717) is 6.54 Å². The Labute approximate surface area is 95.6 Å². The van der Waals surface area contributed by atoms with Gasteiger partial charge in [-0.05, 0) is 37.5 Å². The van der Waals surface area contributed by atoms with Gasteiger partial charge in [-0.15, -0.1) is 0 Å². The maximum atomic E-state index is 13.1. The van der Waals surface area contributed by atoms with Gasteiger partial charge in [0.25, 0.3) is 0 Å². The molecule has 1 fully saturated rings. The number of nitrogens with one attached hydrogen (secondary N) is 1. The highest BCUT2D eigenvalue weighted by molar-refractivity contribution is 6.32. The smallest absolute Gasteiger partial charge is 0.154 e. The zero-order chi connectivity index (χ0) is 11.7. The Morgan fingerprint density at radius 3 is 2.88 bits per heavy atom. The molecule has 0 amide bonds. The Kier molecular flexibility index (Phi) is 2.99. The van der Waals surface area contributed by atoms with Crippen molar-refractivity contribution in [1.82, 2.24) is 0 Å². The Hall–Kier alpha value is -1.32. The van der Waals surface area contributed by atoms with Crippen LogP contribution in [0.3, 0.4) is 0 Å². The Morgan fingerprint density at radius 2 is 2.25 bits per heavy atom. The van der Waals surface area contributed by atoms with Crippen LogP contribution in [-0.2, 0) is 4.79 Å². The van der Waals surface area contributed by atoms with E-state index in [1.807, 2.05) is 0 Å². The van der Waals surface area contributed by atoms with Crippen molar-refractivity contribution in [1.29, 1.82) is 0 Å². The molecule has 1 aromatic carbocycles. The number of Topliss-reactive ketones (excluding diaryl/α,β-unsaturated/α-hetero) is 1. The first-order chi connectivity index (χ1) is 7.58. The number of carbonyl (C=O) groups excluding carboxylic acids is 1. The Bertz CT molecular complexity index is 429. The van der Waals surface area contributed by atoms with Crippen LogP contribution in [0, 0.1) is 18.7 Å². The summed E-state index contributed by atoms with van der Waals surface area (Å²) in [7, 11) is 5.47. The number of benzene rings is 1. The van der Waals surface area contributed by atoms with Crippen LogP contribution in [0.15, 0.2) is 12.1 Å². The van der Waals surface area contributed by atoms with E-state index in [1.54, 1.807) is 6.92 Å². The zero-order valence-electron chi connectivity index (χ0n) is 9.22. The van der Waals surface area contributed by atoms with Crippen molar-refractivity contribution >= 4 is 24.8 Å². The Morgan fingerprint density at radius 1 is 1.56 bits per heavy atom. The third kappa shape index (κ3) is 2.43. The normalized spacial score (nSPS) is 14.9. The van der Waals surface area contributed by atoms with E-state index in [9.17, 15) is 9.18 Å². The molecular formula is C12H13BFNO. The van der Waals surface area contributed by atoms with E-state index >= 15 is 0 Å². The topological polar surface area (TPSA) is 29.1 Å². The molecule has 2 nitrogen and oxygen atoms in total. The van der Waals surface area contributed by atoms with Crippen molar-refractivity contribution in [2.24, 2.45) is 5.92 Å². The molecule has 0 unspecified atom stereocenters. The molecule has 0 atom stereocenters. The summed E-state index contributed by atoms with van der Waals surface area (Å²) < 4.78 is 13.1. The fourth-order valence-electron chi connectivity index (χ4n) is 1.61. The van der Waals surface area contributed by atoms with Crippen LogP contribution in [0.2, 0.25) is 0 Å². The molecular weight excluding hydrogens is 204 g/mol. The number of rotatable bonds is 4. The van der Waals surface area contributed by atoms with Crippen LogP contribution in [0.1, 0.15) is 18.4 Å². The van der Waals surface area contributed by atoms with Gasteiger partial charge in [0.2, 0.25) is 0 Å². The third-order valence-corrected chi connectivity index (χ3v) is 2.83. The van der Waals surface area contributed by atoms with E-state index < -0.39 is 5.82 Å². The van der Waals surface area contributed by atoms with Crippen LogP contribution in [-0.4, -0.2) is 20.2 Å². The highest BCUT2D eigenvalue weighted by atomic mass is 19.1. The van der Waals surface area contributed by atoms with Gasteiger partial charge in [-0.25, -0.2) is 4.39 Å². The second kappa shape index (κ2) is 4.28. The number of aryl methyl sites for hydroxylation is 1. The molecule has 1 aliphatic rings. The molecule has 1 N–H and O–H groups in total. The maximum absolute atomic E-state index is 13.1. The molecule has 16 heavy (non-hydrogen) atoms. The molecule has 0 aliphatic heterocycles. The van der Waals surface area contributed by atoms with Gasteiger partial charge < -0.3 is 5.32 Å². The predicted octanol–water partition coefficient (Wildman–Crippen LogP) is 1.32. The summed E-state index contributed by atoms with van der Waals surface area (Å²) in [6, 6.07) is 2.91. The molecule has 0 heterocycles. The average molecular weight is 217 g/mol. The monoisotopic (exact) mass is 217 g/mol. The lowest BCUT2D eigenvalue weighted by molar-refractivity contribution is -0.118. The molecule has 0 spiro atoms. The highest BCUT2D eigenvalue weighted by Gasteiger charge is 2.28. The highest BCUT2D eigenvalue weighted by Crippen LogP contribution is 2.29. The van der Waals surface area contributed by atoms with Gasteiger partial charge >= 0.3 is 0 Å². The Balaban J connectivity index is 2.03. The number of carbonyl (C=O) groups is 1. The molecule has 0 bridgehead atoms. The number of ketones is 1. The van der Waals surface area contributed by atoms with Gasteiger partial charge in [0.1, 0.15) is 13.7 Å². The van der Waals surface area contributed by atoms with Crippen LogP contribution in [0.25, 0.3) is 0 Å². The minimum Gasteiger partial charge on any atom is -0.378 e. The van der Waals surface area contributed by atoms with E-state index in [-0.39, 0.29) is 17.2 Å². The van der Waals surface area contributed by atoms with E-state index in [1.165, 1.54) is 12.1 Å². The van der Waals surface area contributed by atoms with Crippen molar-refractivity contribution in [3.8, 4) is 0 Å². The summed E-state index contributed by atoms with van der Waals surface area (Å²) in [5.41, 5.74) is 1.59. The number of hydrogen-bond donors (Lipinski definition) is 1. The third-order valence-electron chi connectivity index (χ3n) is 2.83. The fourth-order valence-corrected chi connectivity index (χ4v) is 1.61. The van der Waals surface area contributed by atoms with Gasteiger partial charge in [0, 0.05) is 11.6 Å². The molecule has 2 radical (unpaired) electrons. The number of anilines is 1. The van der Waals surface area contributed by atoms with Crippen molar-refractivity contribution < 1.29 is 9.18 Å². The van der Waals surface area contributed by atoms with Gasteiger partial charge in [0.15, 0.2) is 5.78 Å². The lowest BCUT2D eigenvalue weighted by atomic mass is 9.93. The van der Waals surface area contributed by atoms with Crippen molar-refractivity contribution in [3.05, 3.63) is 23.5 Å². The summed E-state index contributed by atoms with van der Waals surface area (Å²) in [5, 5.41) is 3.01. The maximum Gasteiger partial charge on any atom is 0.154 e. The van der Waals surface area contributed by atoms with E-state index in [0.717, 1.165) is 24.1 Å². The molecule has 4 heteroatoms. The molecule has 1 saturated carbocycles. The number of halogens is 1. The largest absolute Gasteiger partial charge is 0.378 e. The fraction of sp³-hybridized carbons (Fsp3) is 0.417. The van der Waals surface area contributed by atoms with Crippen molar-refractivity contribution in [2.45, 2.75) is 19.8 Å². The standard InChI is InChI=1S/C12H13BFNO/c1-7-4-10(14)9(13)5-11(7)15-6-12(16)8-2-3-8/h4-5,8,15H,2-3,6H2,1H3. The lowest BCUT2D eigenvalue weighted by Crippen LogP contribution is -2.18. The summed E-state index contributed by atoms with van der Waals surface area (Å²) >= 11 is 0. The van der Waals surface area contributed by atoms with Crippen molar-refractivity contribution in [2.75, 3.05) is 11.9 Å².